The molecule has 0 aromatic heterocycles. The molecule has 1 nitrogen and oxygen atoms in total. The second-order valence-electron chi connectivity index (χ2n) is 7.74. The predicted molar refractivity (Wildman–Crippen MR) is 100 cm³/mol. The van der Waals surface area contributed by atoms with E-state index in [0.717, 1.165) is 23.1 Å². The third-order valence-corrected chi connectivity index (χ3v) is 21.3. The summed E-state index contributed by atoms with van der Waals surface area (Å²) in [7, 11) is -1.76. The fraction of sp³-hybridized carbons (Fsp3) is 0.875. The highest BCUT2D eigenvalue weighted by atomic mass is 32.4. The third-order valence-electron chi connectivity index (χ3n) is 4.83. The number of hydrogen-bond donors (Lipinski definition) is 0. The molecule has 20 heavy (non-hydrogen) atoms. The Morgan fingerprint density at radius 3 is 1.40 bits per heavy atom. The van der Waals surface area contributed by atoms with Crippen molar-refractivity contribution in [1.82, 2.24) is 0 Å². The Hall–Kier alpha value is 0.317. The molecule has 4 heteroatoms. The molecule has 0 aromatic rings. The largest absolute Gasteiger partial charge is 0.234 e. The fourth-order valence-electron chi connectivity index (χ4n) is 3.44. The van der Waals surface area contributed by atoms with Gasteiger partial charge in [-0.2, -0.15) is 0 Å². The van der Waals surface area contributed by atoms with Gasteiger partial charge in [-0.25, -0.2) is 4.79 Å². The van der Waals surface area contributed by atoms with Crippen LogP contribution < -0.4 is 0 Å². The van der Waals surface area contributed by atoms with Crippen LogP contribution in [0.4, 0.5) is 0 Å². The molecule has 118 valence electrons. The van der Waals surface area contributed by atoms with Gasteiger partial charge < -0.3 is 0 Å². The summed E-state index contributed by atoms with van der Waals surface area (Å²) in [5, 5.41) is -0.0455. The van der Waals surface area contributed by atoms with E-state index in [1.807, 2.05) is 0 Å². The molecule has 0 aliphatic rings. The van der Waals surface area contributed by atoms with Gasteiger partial charge in [0.1, 0.15) is 14.0 Å². The molecule has 0 aliphatic carbocycles. The number of hydrogen-bond acceptors (Lipinski definition) is 2. The summed E-state index contributed by atoms with van der Waals surface area (Å²) in [5.41, 5.74) is 0. The number of carbonyl (C=O) groups excluding carboxylic acids is 1. The fourth-order valence-corrected chi connectivity index (χ4v) is 17.6. The van der Waals surface area contributed by atoms with Gasteiger partial charge in [0.25, 0.3) is 0 Å². The maximum Gasteiger partial charge on any atom is 0.124 e. The Balaban J connectivity index is 6.49. The summed E-state index contributed by atoms with van der Waals surface area (Å²) >= 11 is 6.29. The van der Waals surface area contributed by atoms with E-state index in [1.165, 1.54) is 0 Å². The van der Waals surface area contributed by atoms with Gasteiger partial charge in [0, 0.05) is 4.94 Å². The lowest BCUT2D eigenvalue weighted by atomic mass is 10.2. The summed E-state index contributed by atoms with van der Waals surface area (Å²) in [5.74, 6) is 2.42. The molecule has 0 aliphatic heterocycles. The summed E-state index contributed by atoms with van der Waals surface area (Å²) in [6.07, 6.45) is 0. The van der Waals surface area contributed by atoms with Crippen LogP contribution in [0.3, 0.4) is 0 Å². The molecular formula is C16H33OPSSi. The minimum Gasteiger partial charge on any atom is -0.234 e. The minimum absolute atomic E-state index is 0.0227. The molecule has 0 radical (unpaired) electrons. The Bertz CT molecular complexity index is 406. The molecule has 0 heterocycles. The summed E-state index contributed by atoms with van der Waals surface area (Å²) in [6, 6.07) is 1.34. The Labute approximate surface area is 132 Å². The average Bonchev–Trinajstić information content (AvgIpc) is 2.32. The van der Waals surface area contributed by atoms with Crippen molar-refractivity contribution in [2.75, 3.05) is 0 Å². The van der Waals surface area contributed by atoms with Gasteiger partial charge in [0.2, 0.25) is 0 Å². The Morgan fingerprint density at radius 2 is 1.25 bits per heavy atom. The normalized spacial score (nSPS) is 14.1. The molecule has 0 unspecified atom stereocenters. The highest BCUT2D eigenvalue weighted by molar-refractivity contribution is 8.19. The van der Waals surface area contributed by atoms with E-state index >= 15 is 0 Å². The van der Waals surface area contributed by atoms with E-state index in [4.69, 9.17) is 11.8 Å². The quantitative estimate of drug-likeness (QED) is 0.358. The monoisotopic (exact) mass is 332 g/mol. The lowest BCUT2D eigenvalue weighted by Gasteiger charge is -2.49. The van der Waals surface area contributed by atoms with E-state index < -0.39 is 14.1 Å². The summed E-state index contributed by atoms with van der Waals surface area (Å²) < 4.78 is 0. The van der Waals surface area contributed by atoms with Crippen molar-refractivity contribution in [3.05, 3.63) is 4.94 Å². The van der Waals surface area contributed by atoms with Gasteiger partial charge in [0.15, 0.2) is 0 Å². The zero-order valence-corrected chi connectivity index (χ0v) is 17.6. The van der Waals surface area contributed by atoms with Crippen LogP contribution in [-0.4, -0.2) is 24.3 Å². The van der Waals surface area contributed by atoms with Crippen LogP contribution in [0.2, 0.25) is 18.1 Å². The molecular weight excluding hydrogens is 299 g/mol. The summed E-state index contributed by atoms with van der Waals surface area (Å²) in [4.78, 5) is 13.1. The maximum atomic E-state index is 12.0. The van der Waals surface area contributed by atoms with Crippen LogP contribution in [-0.2, 0) is 16.6 Å². The predicted octanol–water partition coefficient (Wildman–Crippen LogP) is 5.83. The Morgan fingerprint density at radius 1 is 0.950 bits per heavy atom. The van der Waals surface area contributed by atoms with E-state index in [2.05, 4.69) is 68.3 Å². The van der Waals surface area contributed by atoms with E-state index in [-0.39, 0.29) is 10.3 Å². The topological polar surface area (TPSA) is 17.1 Å². The third kappa shape index (κ3) is 3.22. The average molecular weight is 333 g/mol. The smallest absolute Gasteiger partial charge is 0.124 e. The second-order valence-corrected chi connectivity index (χ2v) is 19.3. The lowest BCUT2D eigenvalue weighted by Crippen LogP contribution is -2.41. The molecule has 0 rings (SSSR count). The molecule has 0 bridgehead atoms. The van der Waals surface area contributed by atoms with Crippen LogP contribution in [0.5, 0.6) is 0 Å². The second kappa shape index (κ2) is 6.61. The van der Waals surface area contributed by atoms with Crippen LogP contribution in [0.15, 0.2) is 4.94 Å². The SMILES string of the molecule is CC[Si](CC)(CC)C(=C=O)P(=S)(C(C)(C)C)C(C)(C)C. The lowest BCUT2D eigenvalue weighted by molar-refractivity contribution is 0.568. The maximum absolute atomic E-state index is 12.0. The van der Waals surface area contributed by atoms with Crippen molar-refractivity contribution >= 4 is 31.9 Å². The first-order chi connectivity index (χ1) is 8.87. The van der Waals surface area contributed by atoms with Crippen molar-refractivity contribution in [2.45, 2.75) is 90.8 Å². The molecule has 0 N–H and O–H groups in total. The van der Waals surface area contributed by atoms with Crippen molar-refractivity contribution in [3.8, 4) is 0 Å². The van der Waals surface area contributed by atoms with Crippen LogP contribution in [0.25, 0.3) is 0 Å². The Kier molecular flexibility index (Phi) is 6.71. The first kappa shape index (κ1) is 20.3. The highest BCUT2D eigenvalue weighted by Gasteiger charge is 2.51. The van der Waals surface area contributed by atoms with E-state index in [0.29, 0.717) is 0 Å². The van der Waals surface area contributed by atoms with Crippen LogP contribution >= 0.6 is 6.04 Å². The van der Waals surface area contributed by atoms with Gasteiger partial charge in [-0.05, 0) is 16.3 Å². The molecule has 0 saturated heterocycles. The van der Waals surface area contributed by atoms with E-state index in [9.17, 15) is 4.79 Å². The minimum atomic E-state index is -1.98. The number of rotatable bonds is 5. The van der Waals surface area contributed by atoms with E-state index in [1.54, 1.807) is 0 Å². The molecule has 0 atom stereocenters. The highest BCUT2D eigenvalue weighted by Crippen LogP contribution is 2.74. The van der Waals surface area contributed by atoms with Crippen LogP contribution in [0, 0.1) is 0 Å². The van der Waals surface area contributed by atoms with Crippen LogP contribution in [0.1, 0.15) is 62.3 Å². The zero-order valence-electron chi connectivity index (χ0n) is 14.9. The first-order valence-electron chi connectivity index (χ1n) is 7.74. The molecule has 0 spiro atoms. The molecule has 0 aromatic carbocycles. The standard InChI is InChI=1S/C16H33OPSSi/c1-10-20(11-2,12-3)14(13-17)18(19,15(4,5)6)16(7,8)9/h10-12H2,1-9H3. The molecule has 0 amide bonds. The molecule has 0 saturated carbocycles. The van der Waals surface area contributed by atoms with Crippen molar-refractivity contribution in [2.24, 2.45) is 0 Å². The zero-order chi connectivity index (χ0) is 16.4. The van der Waals surface area contributed by atoms with Crippen molar-refractivity contribution in [3.63, 3.8) is 0 Å². The first-order valence-corrected chi connectivity index (χ1v) is 13.2. The van der Waals surface area contributed by atoms with Gasteiger partial charge in [0.05, 0.1) is 0 Å². The van der Waals surface area contributed by atoms with Crippen molar-refractivity contribution < 1.29 is 4.79 Å². The molecule has 0 fully saturated rings. The van der Waals surface area contributed by atoms with Gasteiger partial charge in [-0.3, -0.25) is 0 Å². The van der Waals surface area contributed by atoms with Crippen molar-refractivity contribution in [1.29, 1.82) is 0 Å². The van der Waals surface area contributed by atoms with Gasteiger partial charge in [-0.15, -0.1) is 0 Å². The summed E-state index contributed by atoms with van der Waals surface area (Å²) in [6.45, 7) is 20.0. The van der Waals surface area contributed by atoms with Gasteiger partial charge in [-0.1, -0.05) is 92.3 Å². The van der Waals surface area contributed by atoms with Gasteiger partial charge >= 0.3 is 0 Å².